The Morgan fingerprint density at radius 1 is 1.50 bits per heavy atom. The zero-order valence-electron chi connectivity index (χ0n) is 11.4. The number of benzene rings is 1. The average molecular weight is 293 g/mol. The molecule has 0 aromatic heterocycles. The van der Waals surface area contributed by atoms with Crippen LogP contribution in [0.15, 0.2) is 23.4 Å². The number of amidine groups is 1. The van der Waals surface area contributed by atoms with Crippen molar-refractivity contribution in [3.8, 4) is 0 Å². The van der Waals surface area contributed by atoms with E-state index < -0.39 is 0 Å². The van der Waals surface area contributed by atoms with Crippen LogP contribution >= 0.6 is 11.8 Å². The van der Waals surface area contributed by atoms with Crippen molar-refractivity contribution in [2.75, 3.05) is 11.1 Å². The number of nitrogens with one attached hydrogen (secondary N) is 1. The molecule has 1 amide bonds. The molecule has 1 heterocycles. The highest BCUT2D eigenvalue weighted by Gasteiger charge is 2.23. The van der Waals surface area contributed by atoms with Crippen molar-refractivity contribution in [3.05, 3.63) is 29.3 Å². The third-order valence-corrected chi connectivity index (χ3v) is 4.74. The molecule has 0 spiro atoms. The molecule has 20 heavy (non-hydrogen) atoms. The summed E-state index contributed by atoms with van der Waals surface area (Å²) in [5.41, 5.74) is 7.72. The molecule has 0 aliphatic carbocycles. The molecule has 4 N–H and O–H groups in total. The van der Waals surface area contributed by atoms with E-state index in [-0.39, 0.29) is 17.0 Å². The van der Waals surface area contributed by atoms with Gasteiger partial charge in [0.05, 0.1) is 10.9 Å². The molecule has 1 aromatic carbocycles. The minimum absolute atomic E-state index is 0.00714. The van der Waals surface area contributed by atoms with Gasteiger partial charge in [-0.1, -0.05) is 23.7 Å². The van der Waals surface area contributed by atoms with E-state index in [1.54, 1.807) is 17.8 Å². The Hall–Kier alpha value is -1.69. The summed E-state index contributed by atoms with van der Waals surface area (Å²) >= 11 is 1.69. The van der Waals surface area contributed by atoms with Gasteiger partial charge in [0, 0.05) is 5.56 Å². The first-order valence-corrected chi connectivity index (χ1v) is 7.68. The molecule has 1 saturated heterocycles. The molecule has 6 heteroatoms. The summed E-state index contributed by atoms with van der Waals surface area (Å²) in [5, 5.41) is 14.8. The number of aryl methyl sites for hydroxylation is 1. The second kappa shape index (κ2) is 6.65. The molecule has 108 valence electrons. The Morgan fingerprint density at radius 2 is 2.30 bits per heavy atom. The summed E-state index contributed by atoms with van der Waals surface area (Å²) in [6.45, 7) is 1.86. The number of amides is 1. The first-order chi connectivity index (χ1) is 9.63. The number of oxime groups is 1. The van der Waals surface area contributed by atoms with Crippen molar-refractivity contribution in [1.29, 1.82) is 0 Å². The van der Waals surface area contributed by atoms with Crippen LogP contribution in [0.5, 0.6) is 0 Å². The van der Waals surface area contributed by atoms with Gasteiger partial charge in [0.25, 0.3) is 0 Å². The Labute approximate surface area is 122 Å². The van der Waals surface area contributed by atoms with Gasteiger partial charge in [-0.15, -0.1) is 11.8 Å². The SMILES string of the molecule is Cc1cccc(NC(=O)C2CCCCS2)c1/C(N)=N/O. The minimum atomic E-state index is -0.00981. The lowest BCUT2D eigenvalue weighted by atomic mass is 10.1. The summed E-state index contributed by atoms with van der Waals surface area (Å²) in [4.78, 5) is 12.3. The van der Waals surface area contributed by atoms with Crippen molar-refractivity contribution in [3.63, 3.8) is 0 Å². The van der Waals surface area contributed by atoms with E-state index in [1.165, 1.54) is 6.42 Å². The standard InChI is InChI=1S/C14H19N3O2S/c1-9-5-4-6-10(12(9)13(15)17-19)16-14(18)11-7-2-3-8-20-11/h4-6,11,19H,2-3,7-8H2,1H3,(H2,15,17)(H,16,18). The maximum absolute atomic E-state index is 12.3. The van der Waals surface area contributed by atoms with Crippen LogP contribution < -0.4 is 11.1 Å². The van der Waals surface area contributed by atoms with Crippen molar-refractivity contribution >= 4 is 29.2 Å². The van der Waals surface area contributed by atoms with Crippen LogP contribution in [0.2, 0.25) is 0 Å². The van der Waals surface area contributed by atoms with E-state index in [4.69, 9.17) is 10.9 Å². The van der Waals surface area contributed by atoms with Crippen LogP contribution in [-0.4, -0.2) is 28.0 Å². The number of carbonyl (C=O) groups is 1. The minimum Gasteiger partial charge on any atom is -0.409 e. The molecule has 0 bridgehead atoms. The number of thioether (sulfide) groups is 1. The molecule has 5 nitrogen and oxygen atoms in total. The van der Waals surface area contributed by atoms with Crippen molar-refractivity contribution in [2.24, 2.45) is 10.9 Å². The molecule has 1 atom stereocenters. The quantitative estimate of drug-likeness (QED) is 0.345. The fraction of sp³-hybridized carbons (Fsp3) is 0.429. The lowest BCUT2D eigenvalue weighted by Gasteiger charge is -2.21. The van der Waals surface area contributed by atoms with Gasteiger partial charge in [-0.25, -0.2) is 0 Å². The van der Waals surface area contributed by atoms with E-state index >= 15 is 0 Å². The number of hydrogen-bond acceptors (Lipinski definition) is 4. The predicted octanol–water partition coefficient (Wildman–Crippen LogP) is 2.31. The van der Waals surface area contributed by atoms with E-state index in [1.807, 2.05) is 19.1 Å². The maximum Gasteiger partial charge on any atom is 0.237 e. The maximum atomic E-state index is 12.3. The van der Waals surface area contributed by atoms with Crippen LogP contribution in [0.3, 0.4) is 0 Å². The molecular weight excluding hydrogens is 274 g/mol. The number of hydrogen-bond donors (Lipinski definition) is 3. The fourth-order valence-corrected chi connectivity index (χ4v) is 3.52. The Bertz CT molecular complexity index is 525. The van der Waals surface area contributed by atoms with E-state index in [0.29, 0.717) is 11.3 Å². The summed E-state index contributed by atoms with van der Waals surface area (Å²) in [6, 6.07) is 5.47. The van der Waals surface area contributed by atoms with Crippen LogP contribution in [0.4, 0.5) is 5.69 Å². The third kappa shape index (κ3) is 3.25. The zero-order valence-corrected chi connectivity index (χ0v) is 12.2. The van der Waals surface area contributed by atoms with Crippen LogP contribution in [-0.2, 0) is 4.79 Å². The molecule has 1 fully saturated rings. The lowest BCUT2D eigenvalue weighted by molar-refractivity contribution is -0.115. The van der Waals surface area contributed by atoms with Gasteiger partial charge in [0.2, 0.25) is 5.91 Å². The number of nitrogens with two attached hydrogens (primary N) is 1. The Kier molecular flexibility index (Phi) is 4.89. The molecule has 1 aromatic rings. The van der Waals surface area contributed by atoms with Gasteiger partial charge in [0.1, 0.15) is 0 Å². The summed E-state index contributed by atoms with van der Waals surface area (Å²) in [6.07, 6.45) is 3.17. The zero-order chi connectivity index (χ0) is 14.5. The molecule has 0 radical (unpaired) electrons. The van der Waals surface area contributed by atoms with Gasteiger partial charge in [-0.3, -0.25) is 4.79 Å². The summed E-state index contributed by atoms with van der Waals surface area (Å²) in [7, 11) is 0. The van der Waals surface area contributed by atoms with E-state index in [2.05, 4.69) is 10.5 Å². The molecule has 2 rings (SSSR count). The van der Waals surface area contributed by atoms with Crippen molar-refractivity contribution in [1.82, 2.24) is 0 Å². The van der Waals surface area contributed by atoms with Crippen molar-refractivity contribution in [2.45, 2.75) is 31.4 Å². The lowest BCUT2D eigenvalue weighted by Crippen LogP contribution is -2.29. The number of carbonyl (C=O) groups excluding carboxylic acids is 1. The largest absolute Gasteiger partial charge is 0.409 e. The molecule has 0 saturated carbocycles. The van der Waals surface area contributed by atoms with Gasteiger partial charge in [-0.2, -0.15) is 0 Å². The highest BCUT2D eigenvalue weighted by molar-refractivity contribution is 8.00. The highest BCUT2D eigenvalue weighted by atomic mass is 32.2. The van der Waals surface area contributed by atoms with E-state index in [9.17, 15) is 4.79 Å². The first kappa shape index (κ1) is 14.7. The molecular formula is C14H19N3O2S. The average Bonchev–Trinajstić information content (AvgIpc) is 2.47. The number of anilines is 1. The molecule has 1 aliphatic heterocycles. The smallest absolute Gasteiger partial charge is 0.237 e. The van der Waals surface area contributed by atoms with E-state index in [0.717, 1.165) is 24.2 Å². The van der Waals surface area contributed by atoms with Gasteiger partial charge in [0.15, 0.2) is 5.84 Å². The van der Waals surface area contributed by atoms with Gasteiger partial charge < -0.3 is 16.3 Å². The molecule has 1 unspecified atom stereocenters. The van der Waals surface area contributed by atoms with Crippen LogP contribution in [0.25, 0.3) is 0 Å². The summed E-state index contributed by atoms with van der Waals surface area (Å²) in [5.74, 6) is 1.03. The fourth-order valence-electron chi connectivity index (χ4n) is 2.32. The van der Waals surface area contributed by atoms with Crippen LogP contribution in [0.1, 0.15) is 30.4 Å². The number of nitrogens with zero attached hydrogens (tertiary/aromatic N) is 1. The predicted molar refractivity (Wildman–Crippen MR) is 82.4 cm³/mol. The Morgan fingerprint density at radius 3 is 2.95 bits per heavy atom. The molecule has 1 aliphatic rings. The monoisotopic (exact) mass is 293 g/mol. The second-order valence-electron chi connectivity index (χ2n) is 4.83. The van der Waals surface area contributed by atoms with Crippen LogP contribution in [0, 0.1) is 6.92 Å². The highest BCUT2D eigenvalue weighted by Crippen LogP contribution is 2.27. The second-order valence-corrected chi connectivity index (χ2v) is 6.14. The topological polar surface area (TPSA) is 87.7 Å². The summed E-state index contributed by atoms with van der Waals surface area (Å²) < 4.78 is 0. The van der Waals surface area contributed by atoms with Gasteiger partial charge in [-0.05, 0) is 37.1 Å². The normalized spacial score (nSPS) is 19.6. The Balaban J connectivity index is 2.20. The van der Waals surface area contributed by atoms with Gasteiger partial charge >= 0.3 is 0 Å². The van der Waals surface area contributed by atoms with Crippen molar-refractivity contribution < 1.29 is 10.0 Å². The third-order valence-electron chi connectivity index (χ3n) is 3.37. The first-order valence-electron chi connectivity index (χ1n) is 6.63. The number of rotatable bonds is 3.